The molecule has 0 spiro atoms. The van der Waals surface area contributed by atoms with Crippen molar-refractivity contribution in [1.82, 2.24) is 0 Å². The first kappa shape index (κ1) is 12.6. The third kappa shape index (κ3) is 2.48. The van der Waals surface area contributed by atoms with Crippen molar-refractivity contribution < 1.29 is 17.9 Å². The number of hydrogen-bond acceptors (Lipinski definition) is 4. The molecule has 0 aromatic heterocycles. The molecular weight excluding hydrogens is 280 g/mol. The van der Waals surface area contributed by atoms with Crippen LogP contribution in [0.4, 0.5) is 11.4 Å². The molecule has 7 heteroatoms. The lowest BCUT2D eigenvalue weighted by molar-refractivity contribution is 0.413. The summed E-state index contributed by atoms with van der Waals surface area (Å²) in [4.78, 5) is 0. The lowest BCUT2D eigenvalue weighted by Gasteiger charge is -2.07. The van der Waals surface area contributed by atoms with Crippen LogP contribution in [0.25, 0.3) is 0 Å². The Labute approximate surface area is 116 Å². The van der Waals surface area contributed by atoms with Gasteiger partial charge in [-0.3, -0.25) is 9.44 Å². The normalized spacial score (nSPS) is 14.8. The van der Waals surface area contributed by atoms with Crippen molar-refractivity contribution in [3.05, 3.63) is 42.5 Å². The second-order valence-electron chi connectivity index (χ2n) is 4.19. The summed E-state index contributed by atoms with van der Waals surface area (Å²) in [5.41, 5.74) is 0.975. The third-order valence-electron chi connectivity index (χ3n) is 2.77. The highest BCUT2D eigenvalue weighted by Crippen LogP contribution is 2.34. The Morgan fingerprint density at radius 3 is 2.15 bits per heavy atom. The van der Waals surface area contributed by atoms with E-state index < -0.39 is 10.2 Å². The average Bonchev–Trinajstić information content (AvgIpc) is 2.73. The highest BCUT2D eigenvalue weighted by Gasteiger charge is 2.22. The van der Waals surface area contributed by atoms with Gasteiger partial charge in [0.15, 0.2) is 0 Å². The fourth-order valence-electron chi connectivity index (χ4n) is 1.86. The van der Waals surface area contributed by atoms with Crippen molar-refractivity contribution in [2.45, 2.75) is 0 Å². The topological polar surface area (TPSA) is 76.7 Å². The number of nitrogens with one attached hydrogen (secondary N) is 2. The third-order valence-corrected chi connectivity index (χ3v) is 3.75. The summed E-state index contributed by atoms with van der Waals surface area (Å²) in [6.07, 6.45) is 0. The number of methoxy groups -OCH3 is 1. The molecule has 1 heterocycles. The van der Waals surface area contributed by atoms with Gasteiger partial charge in [0, 0.05) is 6.07 Å². The molecule has 0 saturated carbocycles. The lowest BCUT2D eigenvalue weighted by atomic mass is 10.2. The summed E-state index contributed by atoms with van der Waals surface area (Å²) < 4.78 is 38.2. The van der Waals surface area contributed by atoms with E-state index in [4.69, 9.17) is 9.47 Å². The maximum atomic E-state index is 11.4. The lowest BCUT2D eigenvalue weighted by Crippen LogP contribution is -2.12. The van der Waals surface area contributed by atoms with Crippen LogP contribution in [0.2, 0.25) is 0 Å². The molecule has 0 aliphatic carbocycles. The van der Waals surface area contributed by atoms with Crippen LogP contribution < -0.4 is 18.9 Å². The van der Waals surface area contributed by atoms with Crippen molar-refractivity contribution in [3.8, 4) is 17.2 Å². The first-order valence-electron chi connectivity index (χ1n) is 5.82. The number of rotatable bonds is 3. The summed E-state index contributed by atoms with van der Waals surface area (Å²) in [5.74, 6) is 1.92. The van der Waals surface area contributed by atoms with E-state index in [2.05, 4.69) is 9.44 Å². The first-order valence-corrected chi connectivity index (χ1v) is 7.30. The monoisotopic (exact) mass is 292 g/mol. The molecule has 0 fully saturated rings. The second-order valence-corrected chi connectivity index (χ2v) is 5.61. The van der Waals surface area contributed by atoms with Crippen LogP contribution in [0.3, 0.4) is 0 Å². The van der Waals surface area contributed by atoms with Gasteiger partial charge in [-0.15, -0.1) is 0 Å². The zero-order chi connectivity index (χ0) is 14.2. The van der Waals surface area contributed by atoms with Crippen molar-refractivity contribution in [2.24, 2.45) is 0 Å². The van der Waals surface area contributed by atoms with E-state index in [0.717, 1.165) is 5.75 Å². The molecule has 1 aliphatic heterocycles. The molecule has 6 nitrogen and oxygen atoms in total. The number of benzene rings is 2. The maximum absolute atomic E-state index is 11.4. The van der Waals surface area contributed by atoms with Crippen LogP contribution in [-0.4, -0.2) is 15.5 Å². The smallest absolute Gasteiger partial charge is 0.321 e. The van der Waals surface area contributed by atoms with E-state index in [-0.39, 0.29) is 0 Å². The fourth-order valence-corrected chi connectivity index (χ4v) is 2.83. The molecule has 3 rings (SSSR count). The fraction of sp³-hybridized carbons (Fsp3) is 0.0769. The van der Waals surface area contributed by atoms with E-state index in [0.29, 0.717) is 22.9 Å². The van der Waals surface area contributed by atoms with Gasteiger partial charge in [-0.25, -0.2) is 0 Å². The number of hydrogen-bond donors (Lipinski definition) is 2. The van der Waals surface area contributed by atoms with Gasteiger partial charge >= 0.3 is 10.2 Å². The Hall–Kier alpha value is -2.41. The molecule has 20 heavy (non-hydrogen) atoms. The number of ether oxygens (including phenoxy) is 2. The molecule has 0 unspecified atom stereocenters. The molecule has 2 aromatic carbocycles. The van der Waals surface area contributed by atoms with Crippen molar-refractivity contribution in [2.75, 3.05) is 16.6 Å². The summed E-state index contributed by atoms with van der Waals surface area (Å²) in [6, 6.07) is 12.1. The molecule has 2 aromatic rings. The van der Waals surface area contributed by atoms with Gasteiger partial charge < -0.3 is 9.47 Å². The highest BCUT2D eigenvalue weighted by molar-refractivity contribution is 7.94. The van der Waals surface area contributed by atoms with Gasteiger partial charge in [-0.1, -0.05) is 0 Å². The summed E-state index contributed by atoms with van der Waals surface area (Å²) in [5, 5.41) is 0. The van der Waals surface area contributed by atoms with Crippen molar-refractivity contribution in [1.29, 1.82) is 0 Å². The van der Waals surface area contributed by atoms with Crippen LogP contribution in [0, 0.1) is 0 Å². The molecule has 104 valence electrons. The van der Waals surface area contributed by atoms with E-state index in [9.17, 15) is 8.42 Å². The van der Waals surface area contributed by atoms with Gasteiger partial charge in [0.2, 0.25) is 0 Å². The molecule has 2 N–H and O–H groups in total. The van der Waals surface area contributed by atoms with Gasteiger partial charge in [0.05, 0.1) is 18.5 Å². The Morgan fingerprint density at radius 2 is 1.45 bits per heavy atom. The van der Waals surface area contributed by atoms with Crippen LogP contribution in [0.1, 0.15) is 0 Å². The van der Waals surface area contributed by atoms with Crippen LogP contribution >= 0.6 is 0 Å². The second kappa shape index (κ2) is 4.61. The molecular formula is C13H12N2O4S. The number of fused-ring (bicyclic) bond motifs is 1. The molecule has 1 aliphatic rings. The molecule has 0 amide bonds. The zero-order valence-corrected chi connectivity index (χ0v) is 11.4. The predicted molar refractivity (Wildman–Crippen MR) is 75.7 cm³/mol. The van der Waals surface area contributed by atoms with Crippen LogP contribution in [-0.2, 0) is 10.2 Å². The van der Waals surface area contributed by atoms with E-state index in [1.54, 1.807) is 49.6 Å². The largest absolute Gasteiger partial charge is 0.497 e. The molecule has 0 atom stereocenters. The van der Waals surface area contributed by atoms with Crippen LogP contribution in [0.5, 0.6) is 17.2 Å². The molecule has 0 saturated heterocycles. The summed E-state index contributed by atoms with van der Waals surface area (Å²) in [7, 11) is -1.88. The van der Waals surface area contributed by atoms with Gasteiger partial charge in [-0.2, -0.15) is 8.42 Å². The predicted octanol–water partition coefficient (Wildman–Crippen LogP) is 2.57. The van der Waals surface area contributed by atoms with Gasteiger partial charge in [0.25, 0.3) is 0 Å². The number of anilines is 2. The van der Waals surface area contributed by atoms with E-state index >= 15 is 0 Å². The van der Waals surface area contributed by atoms with E-state index in [1.807, 2.05) is 0 Å². The maximum Gasteiger partial charge on any atom is 0.321 e. The Morgan fingerprint density at radius 1 is 0.850 bits per heavy atom. The highest BCUT2D eigenvalue weighted by atomic mass is 32.2. The van der Waals surface area contributed by atoms with E-state index in [1.165, 1.54) is 0 Å². The Balaban J connectivity index is 1.82. The van der Waals surface area contributed by atoms with Gasteiger partial charge in [0.1, 0.15) is 17.2 Å². The molecule has 0 radical (unpaired) electrons. The molecule has 0 bridgehead atoms. The van der Waals surface area contributed by atoms with Gasteiger partial charge in [-0.05, 0) is 36.4 Å². The average molecular weight is 292 g/mol. The van der Waals surface area contributed by atoms with Crippen molar-refractivity contribution >= 4 is 21.6 Å². The standard InChI is InChI=1S/C13H12N2O4S/c1-18-9-2-4-10(5-3-9)19-11-6-7-12-13(8-11)15-20(16,17)14-12/h2-8,14-15H,1H3. The Bertz CT molecular complexity index is 741. The first-order chi connectivity index (χ1) is 9.55. The minimum absolute atomic E-state index is 0.469. The van der Waals surface area contributed by atoms with Crippen LogP contribution in [0.15, 0.2) is 42.5 Å². The zero-order valence-electron chi connectivity index (χ0n) is 10.6. The minimum Gasteiger partial charge on any atom is -0.497 e. The van der Waals surface area contributed by atoms with Crippen molar-refractivity contribution in [3.63, 3.8) is 0 Å². The SMILES string of the molecule is COc1ccc(Oc2ccc3c(c2)NS(=O)(=O)N3)cc1. The summed E-state index contributed by atoms with van der Waals surface area (Å²) >= 11 is 0. The Kier molecular flexibility index (Phi) is 2.90. The quantitative estimate of drug-likeness (QED) is 0.911. The minimum atomic E-state index is -3.48. The summed E-state index contributed by atoms with van der Waals surface area (Å²) in [6.45, 7) is 0.